The summed E-state index contributed by atoms with van der Waals surface area (Å²) in [7, 11) is 1.58. The lowest BCUT2D eigenvalue weighted by molar-refractivity contribution is -0.164. The normalized spacial score (nSPS) is 31.6. The van der Waals surface area contributed by atoms with Gasteiger partial charge < -0.3 is 9.64 Å². The van der Waals surface area contributed by atoms with Crippen molar-refractivity contribution >= 4 is 23.4 Å². The van der Waals surface area contributed by atoms with Crippen LogP contribution in [0.5, 0.6) is 5.75 Å². The van der Waals surface area contributed by atoms with Crippen LogP contribution in [0.1, 0.15) is 63.5 Å². The molecular formula is C30H34N2O4. The monoisotopic (exact) mass is 486 g/mol. The molecule has 2 atom stereocenters. The fourth-order valence-electron chi connectivity index (χ4n) is 7.96. The van der Waals surface area contributed by atoms with Gasteiger partial charge in [0.1, 0.15) is 11.8 Å². The van der Waals surface area contributed by atoms with E-state index in [0.29, 0.717) is 29.2 Å². The van der Waals surface area contributed by atoms with Crippen LogP contribution in [-0.2, 0) is 14.4 Å². The average Bonchev–Trinajstić information content (AvgIpc) is 3.17. The number of hydrogen-bond acceptors (Lipinski definition) is 4. The average molecular weight is 487 g/mol. The molecule has 1 heterocycles. The SMILES string of the molecule is COc1ccc(N2C(=O)CC(N(C(=O)C34CC5CC(CC(C5)C3)C4)C(C)c3ccccc3)C2=O)cc1. The molecule has 5 fully saturated rings. The molecule has 36 heavy (non-hydrogen) atoms. The number of methoxy groups -OCH3 is 1. The third-order valence-corrected chi connectivity index (χ3v) is 9.21. The van der Waals surface area contributed by atoms with Gasteiger partial charge in [0, 0.05) is 0 Å². The lowest BCUT2D eigenvalue weighted by Gasteiger charge is -2.57. The Hall–Kier alpha value is -3.15. The second-order valence-corrected chi connectivity index (χ2v) is 11.5. The molecule has 0 aromatic heterocycles. The van der Waals surface area contributed by atoms with Crippen LogP contribution in [0.2, 0.25) is 0 Å². The number of carbonyl (C=O) groups is 3. The highest BCUT2D eigenvalue weighted by Crippen LogP contribution is 2.61. The van der Waals surface area contributed by atoms with Gasteiger partial charge in [0.15, 0.2) is 0 Å². The maximum absolute atomic E-state index is 14.6. The van der Waals surface area contributed by atoms with E-state index < -0.39 is 11.5 Å². The van der Waals surface area contributed by atoms with Crippen LogP contribution in [0, 0.1) is 23.2 Å². The van der Waals surface area contributed by atoms with E-state index in [1.807, 2.05) is 37.3 Å². The molecule has 4 aliphatic carbocycles. The minimum Gasteiger partial charge on any atom is -0.497 e. The van der Waals surface area contributed by atoms with Crippen LogP contribution < -0.4 is 9.64 Å². The van der Waals surface area contributed by atoms with Crippen LogP contribution >= 0.6 is 0 Å². The highest BCUT2D eigenvalue weighted by atomic mass is 16.5. The number of anilines is 1. The van der Waals surface area contributed by atoms with Gasteiger partial charge in [-0.25, -0.2) is 4.90 Å². The van der Waals surface area contributed by atoms with Crippen molar-refractivity contribution in [1.29, 1.82) is 0 Å². The van der Waals surface area contributed by atoms with E-state index in [4.69, 9.17) is 4.74 Å². The quantitative estimate of drug-likeness (QED) is 0.531. The van der Waals surface area contributed by atoms with Gasteiger partial charge in [0.2, 0.25) is 11.8 Å². The Morgan fingerprint density at radius 3 is 2.08 bits per heavy atom. The van der Waals surface area contributed by atoms with Gasteiger partial charge in [-0.1, -0.05) is 30.3 Å². The zero-order valence-electron chi connectivity index (χ0n) is 21.1. The second kappa shape index (κ2) is 8.75. The summed E-state index contributed by atoms with van der Waals surface area (Å²) in [5.74, 6) is 2.01. The summed E-state index contributed by atoms with van der Waals surface area (Å²) in [5.41, 5.74) is 1.11. The summed E-state index contributed by atoms with van der Waals surface area (Å²) in [5, 5.41) is 0. The summed E-state index contributed by atoms with van der Waals surface area (Å²) in [6.07, 6.45) is 6.51. The smallest absolute Gasteiger partial charge is 0.257 e. The van der Waals surface area contributed by atoms with Gasteiger partial charge in [-0.2, -0.15) is 0 Å². The number of amides is 3. The third kappa shape index (κ3) is 3.73. The van der Waals surface area contributed by atoms with E-state index in [9.17, 15) is 14.4 Å². The Morgan fingerprint density at radius 2 is 1.53 bits per heavy atom. The highest BCUT2D eigenvalue weighted by molar-refractivity contribution is 6.23. The number of hydrogen-bond donors (Lipinski definition) is 0. The molecule has 0 N–H and O–H groups in total. The lowest BCUT2D eigenvalue weighted by atomic mass is 9.49. The van der Waals surface area contributed by atoms with Gasteiger partial charge in [0.25, 0.3) is 5.91 Å². The second-order valence-electron chi connectivity index (χ2n) is 11.5. The molecule has 3 amide bonds. The first kappa shape index (κ1) is 23.3. The number of rotatable bonds is 6. The van der Waals surface area contributed by atoms with Gasteiger partial charge in [0.05, 0.1) is 30.7 Å². The molecule has 7 rings (SSSR count). The predicted molar refractivity (Wildman–Crippen MR) is 136 cm³/mol. The van der Waals surface area contributed by atoms with Crippen molar-refractivity contribution in [3.05, 3.63) is 60.2 Å². The first-order valence-corrected chi connectivity index (χ1v) is 13.3. The van der Waals surface area contributed by atoms with Crippen molar-refractivity contribution in [1.82, 2.24) is 4.90 Å². The topological polar surface area (TPSA) is 66.9 Å². The molecule has 5 aliphatic rings. The minimum atomic E-state index is -0.796. The zero-order valence-corrected chi connectivity index (χ0v) is 21.1. The molecule has 6 nitrogen and oxygen atoms in total. The summed E-state index contributed by atoms with van der Waals surface area (Å²) in [6, 6.07) is 15.7. The van der Waals surface area contributed by atoms with E-state index in [-0.39, 0.29) is 30.2 Å². The maximum atomic E-state index is 14.6. The van der Waals surface area contributed by atoms with Crippen molar-refractivity contribution in [3.63, 3.8) is 0 Å². The summed E-state index contributed by atoms with van der Waals surface area (Å²) in [4.78, 5) is 44.7. The molecule has 2 unspecified atom stereocenters. The molecule has 0 radical (unpaired) electrons. The summed E-state index contributed by atoms with van der Waals surface area (Å²) in [6.45, 7) is 2.00. The van der Waals surface area contributed by atoms with Crippen LogP contribution in [-0.4, -0.2) is 35.8 Å². The van der Waals surface area contributed by atoms with Crippen molar-refractivity contribution in [2.24, 2.45) is 23.2 Å². The standard InChI is InChI=1S/C30H34N2O4/c1-19(23-6-4-3-5-7-23)31(29(35)30-16-20-12-21(17-30)14-22(13-20)18-30)26-15-27(33)32(28(26)34)24-8-10-25(36-2)11-9-24/h3-11,19-22,26H,12-18H2,1-2H3. The Morgan fingerprint density at radius 1 is 0.944 bits per heavy atom. The van der Waals surface area contributed by atoms with E-state index >= 15 is 0 Å². The van der Waals surface area contributed by atoms with Crippen molar-refractivity contribution in [3.8, 4) is 5.75 Å². The van der Waals surface area contributed by atoms with Crippen LogP contribution in [0.15, 0.2) is 54.6 Å². The Kier molecular flexibility index (Phi) is 5.66. The zero-order chi connectivity index (χ0) is 25.0. The summed E-state index contributed by atoms with van der Waals surface area (Å²) < 4.78 is 5.23. The maximum Gasteiger partial charge on any atom is 0.257 e. The van der Waals surface area contributed by atoms with E-state index in [0.717, 1.165) is 24.8 Å². The molecule has 6 heteroatoms. The van der Waals surface area contributed by atoms with Crippen molar-refractivity contribution in [2.75, 3.05) is 12.0 Å². The first-order valence-electron chi connectivity index (χ1n) is 13.3. The number of carbonyl (C=O) groups excluding carboxylic acids is 3. The van der Waals surface area contributed by atoms with Crippen molar-refractivity contribution < 1.29 is 19.1 Å². The molecule has 4 saturated carbocycles. The molecule has 1 aliphatic heterocycles. The fourth-order valence-corrected chi connectivity index (χ4v) is 7.96. The van der Waals surface area contributed by atoms with Gasteiger partial charge >= 0.3 is 0 Å². The Balaban J connectivity index is 1.36. The van der Waals surface area contributed by atoms with Gasteiger partial charge in [-0.15, -0.1) is 0 Å². The van der Waals surface area contributed by atoms with E-state index in [1.165, 1.54) is 24.2 Å². The van der Waals surface area contributed by atoms with Gasteiger partial charge in [-0.05, 0) is 93.0 Å². The molecule has 2 aromatic carbocycles. The number of ether oxygens (including phenoxy) is 1. The Labute approximate surface area is 212 Å². The lowest BCUT2D eigenvalue weighted by Crippen LogP contribution is -2.58. The third-order valence-electron chi connectivity index (χ3n) is 9.21. The minimum absolute atomic E-state index is 0.0140. The molecule has 0 spiro atoms. The number of imide groups is 1. The van der Waals surface area contributed by atoms with Crippen LogP contribution in [0.3, 0.4) is 0 Å². The Bertz CT molecular complexity index is 1140. The fraction of sp³-hybridized carbons (Fsp3) is 0.500. The molecule has 4 bridgehead atoms. The van der Waals surface area contributed by atoms with Crippen LogP contribution in [0.25, 0.3) is 0 Å². The molecule has 188 valence electrons. The van der Waals surface area contributed by atoms with Crippen molar-refractivity contribution in [2.45, 2.75) is 64.0 Å². The molecule has 2 aromatic rings. The summed E-state index contributed by atoms with van der Waals surface area (Å²) >= 11 is 0. The molecular weight excluding hydrogens is 452 g/mol. The first-order chi connectivity index (χ1) is 17.4. The number of benzene rings is 2. The number of nitrogens with zero attached hydrogens (tertiary/aromatic N) is 2. The van der Waals surface area contributed by atoms with Crippen LogP contribution in [0.4, 0.5) is 5.69 Å². The largest absolute Gasteiger partial charge is 0.497 e. The van der Waals surface area contributed by atoms with E-state index in [1.54, 1.807) is 36.3 Å². The van der Waals surface area contributed by atoms with E-state index in [2.05, 4.69) is 0 Å². The molecule has 1 saturated heterocycles. The predicted octanol–water partition coefficient (Wildman–Crippen LogP) is 5.13. The highest BCUT2D eigenvalue weighted by Gasteiger charge is 2.58. The van der Waals surface area contributed by atoms with Gasteiger partial charge in [-0.3, -0.25) is 14.4 Å².